The summed E-state index contributed by atoms with van der Waals surface area (Å²) < 4.78 is 5.70. The van der Waals surface area contributed by atoms with E-state index in [1.807, 2.05) is 29.2 Å². The molecule has 4 rings (SSSR count). The fourth-order valence-corrected chi connectivity index (χ4v) is 3.71. The number of hydrogen-bond donors (Lipinski definition) is 0. The predicted octanol–water partition coefficient (Wildman–Crippen LogP) is 2.55. The largest absolute Gasteiger partial charge is 0.371 e. The molecule has 2 heterocycles. The highest BCUT2D eigenvalue weighted by Gasteiger charge is 2.46. The van der Waals surface area contributed by atoms with E-state index in [1.54, 1.807) is 0 Å². The van der Waals surface area contributed by atoms with Crippen LogP contribution in [0, 0.1) is 5.41 Å². The monoisotopic (exact) mass is 322 g/mol. The Morgan fingerprint density at radius 3 is 2.29 bits per heavy atom. The van der Waals surface area contributed by atoms with Crippen LogP contribution in [-0.4, -0.2) is 43.7 Å². The molecule has 2 aliphatic heterocycles. The molecule has 2 aromatic rings. The van der Waals surface area contributed by atoms with Crippen molar-refractivity contribution in [1.29, 1.82) is 0 Å². The number of carbonyl (C=O) groups is 1. The molecule has 0 aliphatic carbocycles. The number of ether oxygens (including phenoxy) is 1. The number of amides is 1. The van der Waals surface area contributed by atoms with Gasteiger partial charge in [0, 0.05) is 37.3 Å². The summed E-state index contributed by atoms with van der Waals surface area (Å²) in [7, 11) is 0. The minimum atomic E-state index is 0.0524. The van der Waals surface area contributed by atoms with Gasteiger partial charge in [-0.2, -0.15) is 0 Å². The molecule has 0 N–H and O–H groups in total. The summed E-state index contributed by atoms with van der Waals surface area (Å²) in [6.07, 6.45) is 0. The topological polar surface area (TPSA) is 32.8 Å². The second-order valence-corrected chi connectivity index (χ2v) is 6.92. The zero-order valence-corrected chi connectivity index (χ0v) is 13.7. The van der Waals surface area contributed by atoms with Gasteiger partial charge in [-0.15, -0.1) is 0 Å². The van der Waals surface area contributed by atoms with Crippen molar-refractivity contribution in [2.75, 3.05) is 37.7 Å². The molecule has 0 radical (unpaired) electrons. The smallest absolute Gasteiger partial charge is 0.248 e. The van der Waals surface area contributed by atoms with Gasteiger partial charge in [0.15, 0.2) is 0 Å². The summed E-state index contributed by atoms with van der Waals surface area (Å²) in [5.41, 5.74) is 2.46. The fourth-order valence-electron chi connectivity index (χ4n) is 3.71. The zero-order valence-electron chi connectivity index (χ0n) is 13.7. The van der Waals surface area contributed by atoms with Crippen molar-refractivity contribution in [3.05, 3.63) is 66.2 Å². The lowest BCUT2D eigenvalue weighted by atomic mass is 9.79. The lowest BCUT2D eigenvalue weighted by Crippen LogP contribution is -2.62. The van der Waals surface area contributed by atoms with Crippen molar-refractivity contribution in [2.24, 2.45) is 5.41 Å². The highest BCUT2D eigenvalue weighted by atomic mass is 16.5. The van der Waals surface area contributed by atoms with Crippen LogP contribution in [0.2, 0.25) is 0 Å². The van der Waals surface area contributed by atoms with Crippen molar-refractivity contribution in [3.8, 4) is 0 Å². The molecule has 2 fully saturated rings. The normalized spacial score (nSPS) is 19.9. The molecule has 0 saturated carbocycles. The van der Waals surface area contributed by atoms with Crippen LogP contribution in [0.25, 0.3) is 0 Å². The van der Waals surface area contributed by atoms with E-state index in [0.717, 1.165) is 19.6 Å². The molecule has 2 aromatic carbocycles. The van der Waals surface area contributed by atoms with E-state index in [4.69, 9.17) is 4.74 Å². The number of para-hydroxylation sites is 1. The van der Waals surface area contributed by atoms with Crippen LogP contribution in [0.5, 0.6) is 0 Å². The summed E-state index contributed by atoms with van der Waals surface area (Å²) in [4.78, 5) is 16.7. The Hall–Kier alpha value is -2.33. The summed E-state index contributed by atoms with van der Waals surface area (Å²) in [5, 5.41) is 0. The molecule has 124 valence electrons. The van der Waals surface area contributed by atoms with Crippen LogP contribution >= 0.6 is 0 Å². The van der Waals surface area contributed by atoms with Crippen LogP contribution in [0.4, 0.5) is 5.69 Å². The second kappa shape index (κ2) is 6.29. The molecule has 1 amide bonds. The number of hydrogen-bond acceptors (Lipinski definition) is 3. The first-order valence-corrected chi connectivity index (χ1v) is 8.44. The van der Waals surface area contributed by atoms with Crippen LogP contribution in [-0.2, 0) is 16.1 Å². The zero-order chi connectivity index (χ0) is 16.4. The van der Waals surface area contributed by atoms with E-state index >= 15 is 0 Å². The third-order valence-corrected chi connectivity index (χ3v) is 4.90. The molecule has 0 atom stereocenters. The van der Waals surface area contributed by atoms with Gasteiger partial charge in [-0.05, 0) is 17.7 Å². The minimum absolute atomic E-state index is 0.0524. The average Bonchev–Trinajstić information content (AvgIpc) is 2.75. The van der Waals surface area contributed by atoms with Gasteiger partial charge in [0.1, 0.15) is 6.61 Å². The lowest BCUT2D eigenvalue weighted by Gasteiger charge is -2.51. The standard InChI is InChI=1S/C20H22N2O2/c23-19-12-24-16-20(13-21(19)11-17-7-3-1-4-8-17)14-22(15-20)18-9-5-2-6-10-18/h1-10H,11-16H2. The van der Waals surface area contributed by atoms with Crippen molar-refractivity contribution in [1.82, 2.24) is 4.90 Å². The maximum absolute atomic E-state index is 12.4. The molecule has 0 aromatic heterocycles. The van der Waals surface area contributed by atoms with Gasteiger partial charge in [0.05, 0.1) is 6.61 Å². The van der Waals surface area contributed by atoms with Crippen molar-refractivity contribution in [3.63, 3.8) is 0 Å². The molecule has 0 bridgehead atoms. The highest BCUT2D eigenvalue weighted by molar-refractivity contribution is 5.78. The number of anilines is 1. The molecule has 24 heavy (non-hydrogen) atoms. The van der Waals surface area contributed by atoms with Gasteiger partial charge in [-0.25, -0.2) is 0 Å². The Kier molecular flexibility index (Phi) is 3.98. The van der Waals surface area contributed by atoms with Crippen molar-refractivity contribution < 1.29 is 9.53 Å². The quantitative estimate of drug-likeness (QED) is 0.871. The SMILES string of the molecule is O=C1COCC2(CN1Cc1ccccc1)CN(c1ccccc1)C2. The van der Waals surface area contributed by atoms with E-state index in [0.29, 0.717) is 13.2 Å². The Labute approximate surface area is 142 Å². The number of benzene rings is 2. The first kappa shape index (κ1) is 15.2. The predicted molar refractivity (Wildman–Crippen MR) is 93.8 cm³/mol. The Morgan fingerprint density at radius 2 is 1.58 bits per heavy atom. The first-order valence-electron chi connectivity index (χ1n) is 8.44. The summed E-state index contributed by atoms with van der Waals surface area (Å²) in [6, 6.07) is 20.6. The van der Waals surface area contributed by atoms with Crippen molar-refractivity contribution >= 4 is 11.6 Å². The van der Waals surface area contributed by atoms with Gasteiger partial charge in [0.25, 0.3) is 0 Å². The number of rotatable bonds is 3. The molecular weight excluding hydrogens is 300 g/mol. The Balaban J connectivity index is 1.46. The number of carbonyl (C=O) groups excluding carboxylic acids is 1. The van der Waals surface area contributed by atoms with E-state index < -0.39 is 0 Å². The van der Waals surface area contributed by atoms with E-state index in [1.165, 1.54) is 11.3 Å². The summed E-state index contributed by atoms with van der Waals surface area (Å²) in [5.74, 6) is 0.0916. The highest BCUT2D eigenvalue weighted by Crippen LogP contribution is 2.37. The molecule has 1 spiro atoms. The van der Waals surface area contributed by atoms with E-state index in [-0.39, 0.29) is 17.9 Å². The molecule has 2 aliphatic rings. The first-order chi connectivity index (χ1) is 11.7. The van der Waals surface area contributed by atoms with Gasteiger partial charge in [0.2, 0.25) is 5.91 Å². The lowest BCUT2D eigenvalue weighted by molar-refractivity contribution is -0.134. The minimum Gasteiger partial charge on any atom is -0.371 e. The fraction of sp³-hybridized carbons (Fsp3) is 0.350. The van der Waals surface area contributed by atoms with Gasteiger partial charge >= 0.3 is 0 Å². The van der Waals surface area contributed by atoms with Crippen LogP contribution in [0.3, 0.4) is 0 Å². The second-order valence-electron chi connectivity index (χ2n) is 6.92. The maximum atomic E-state index is 12.4. The molecular formula is C20H22N2O2. The van der Waals surface area contributed by atoms with Crippen molar-refractivity contribution in [2.45, 2.75) is 6.54 Å². The van der Waals surface area contributed by atoms with Gasteiger partial charge < -0.3 is 14.5 Å². The Bertz CT molecular complexity index is 696. The molecule has 4 nitrogen and oxygen atoms in total. The maximum Gasteiger partial charge on any atom is 0.248 e. The van der Waals surface area contributed by atoms with Gasteiger partial charge in [-0.3, -0.25) is 4.79 Å². The Morgan fingerprint density at radius 1 is 0.917 bits per heavy atom. The number of nitrogens with zero attached hydrogens (tertiary/aromatic N) is 2. The van der Waals surface area contributed by atoms with E-state index in [2.05, 4.69) is 41.3 Å². The summed E-state index contributed by atoms with van der Waals surface area (Å²) >= 11 is 0. The molecule has 0 unspecified atom stereocenters. The van der Waals surface area contributed by atoms with Crippen LogP contribution < -0.4 is 4.90 Å². The van der Waals surface area contributed by atoms with E-state index in [9.17, 15) is 4.79 Å². The van der Waals surface area contributed by atoms with Crippen LogP contribution in [0.15, 0.2) is 60.7 Å². The van der Waals surface area contributed by atoms with Gasteiger partial charge in [-0.1, -0.05) is 48.5 Å². The molecule has 4 heteroatoms. The molecule has 2 saturated heterocycles. The third-order valence-electron chi connectivity index (χ3n) is 4.90. The summed E-state index contributed by atoms with van der Waals surface area (Å²) in [6.45, 7) is 4.17. The third kappa shape index (κ3) is 3.02. The van der Waals surface area contributed by atoms with Crippen LogP contribution in [0.1, 0.15) is 5.56 Å². The average molecular weight is 322 g/mol.